The van der Waals surface area contributed by atoms with Crippen LogP contribution in [0.25, 0.3) is 0 Å². The molecule has 0 unspecified atom stereocenters. The number of anilines is 1. The van der Waals surface area contributed by atoms with E-state index in [0.717, 1.165) is 15.4 Å². The van der Waals surface area contributed by atoms with Gasteiger partial charge in [0.05, 0.1) is 23.7 Å². The van der Waals surface area contributed by atoms with Crippen LogP contribution in [-0.4, -0.2) is 40.6 Å². The fourth-order valence-electron chi connectivity index (χ4n) is 3.54. The molecule has 0 aliphatic heterocycles. The van der Waals surface area contributed by atoms with Crippen molar-refractivity contribution in [2.24, 2.45) is 0 Å². The highest BCUT2D eigenvalue weighted by molar-refractivity contribution is 7.92. The summed E-state index contributed by atoms with van der Waals surface area (Å²) in [5.41, 5.74) is 2.44. The Morgan fingerprint density at radius 3 is 2.29 bits per heavy atom. The number of nitrogens with one attached hydrogen (secondary N) is 1. The molecule has 9 heteroatoms. The van der Waals surface area contributed by atoms with Crippen molar-refractivity contribution in [2.75, 3.05) is 30.6 Å². The van der Waals surface area contributed by atoms with E-state index in [0.29, 0.717) is 23.1 Å². The molecule has 1 N–H and O–H groups in total. The summed E-state index contributed by atoms with van der Waals surface area (Å²) in [6, 6.07) is 18.4. The van der Waals surface area contributed by atoms with Crippen LogP contribution in [-0.2, 0) is 14.8 Å². The maximum Gasteiger partial charge on any atom is 0.264 e. The van der Waals surface area contributed by atoms with Gasteiger partial charge in [0.25, 0.3) is 10.0 Å². The molecule has 0 atom stereocenters. The van der Waals surface area contributed by atoms with E-state index >= 15 is 0 Å². The summed E-state index contributed by atoms with van der Waals surface area (Å²) in [7, 11) is -4.09. The van der Waals surface area contributed by atoms with E-state index in [-0.39, 0.29) is 23.7 Å². The lowest BCUT2D eigenvalue weighted by atomic mass is 10.1. The zero-order valence-corrected chi connectivity index (χ0v) is 21.5. The number of halogens is 1. The lowest BCUT2D eigenvalue weighted by Gasteiger charge is -2.26. The maximum absolute atomic E-state index is 13.5. The molecule has 186 valence electrons. The molecule has 0 aliphatic rings. The maximum atomic E-state index is 13.5. The number of carbonyl (C=O) groups excluding carboxylic acids is 1. The third kappa shape index (κ3) is 7.13. The highest BCUT2D eigenvalue weighted by Gasteiger charge is 2.29. The van der Waals surface area contributed by atoms with Gasteiger partial charge in [0.1, 0.15) is 24.7 Å². The summed E-state index contributed by atoms with van der Waals surface area (Å²) >= 11 is 5.94. The van der Waals surface area contributed by atoms with Gasteiger partial charge in [-0.1, -0.05) is 29.8 Å². The van der Waals surface area contributed by atoms with Gasteiger partial charge in [-0.05, 0) is 80.4 Å². The normalized spacial score (nSPS) is 11.1. The van der Waals surface area contributed by atoms with Gasteiger partial charge in [0.15, 0.2) is 0 Å². The lowest BCUT2D eigenvalue weighted by Crippen LogP contribution is -2.42. The topological polar surface area (TPSA) is 84.9 Å². The highest BCUT2D eigenvalue weighted by atomic mass is 35.5. The van der Waals surface area contributed by atoms with Gasteiger partial charge in [-0.2, -0.15) is 0 Å². The first-order valence-corrected chi connectivity index (χ1v) is 13.0. The number of para-hydroxylation sites is 2. The summed E-state index contributed by atoms with van der Waals surface area (Å²) < 4.78 is 39.5. The van der Waals surface area contributed by atoms with E-state index in [1.54, 1.807) is 31.2 Å². The van der Waals surface area contributed by atoms with Crippen molar-refractivity contribution in [1.29, 1.82) is 0 Å². The number of sulfonamides is 1. The van der Waals surface area contributed by atoms with E-state index in [1.165, 1.54) is 24.3 Å². The SMILES string of the molecule is CCOc1ccccc1N(CC(=O)NCCOc1cc(C)cc(C)c1)S(=O)(=O)c1ccc(Cl)cc1. The second-order valence-corrected chi connectivity index (χ2v) is 10.2. The predicted octanol–water partition coefficient (Wildman–Crippen LogP) is 4.75. The van der Waals surface area contributed by atoms with Crippen LogP contribution < -0.4 is 19.1 Å². The molecule has 0 heterocycles. The first-order valence-electron chi connectivity index (χ1n) is 11.2. The van der Waals surface area contributed by atoms with Crippen LogP contribution >= 0.6 is 11.6 Å². The Kier molecular flexibility index (Phi) is 9.01. The molecule has 0 spiro atoms. The van der Waals surface area contributed by atoms with Crippen molar-refractivity contribution in [3.8, 4) is 11.5 Å². The van der Waals surface area contributed by atoms with Crippen molar-refractivity contribution in [3.63, 3.8) is 0 Å². The zero-order chi connectivity index (χ0) is 25.4. The summed E-state index contributed by atoms with van der Waals surface area (Å²) in [4.78, 5) is 12.8. The Bertz CT molecular complexity index is 1240. The second kappa shape index (κ2) is 12.0. The van der Waals surface area contributed by atoms with Crippen LogP contribution in [0.5, 0.6) is 11.5 Å². The Morgan fingerprint density at radius 2 is 1.63 bits per heavy atom. The molecule has 3 rings (SSSR count). The zero-order valence-electron chi connectivity index (χ0n) is 20.0. The van der Waals surface area contributed by atoms with Crippen LogP contribution in [0.2, 0.25) is 5.02 Å². The minimum Gasteiger partial charge on any atom is -0.492 e. The number of aryl methyl sites for hydroxylation is 2. The van der Waals surface area contributed by atoms with E-state index in [2.05, 4.69) is 5.32 Å². The quantitative estimate of drug-likeness (QED) is 0.372. The third-order valence-corrected chi connectivity index (χ3v) is 7.04. The van der Waals surface area contributed by atoms with E-state index in [9.17, 15) is 13.2 Å². The van der Waals surface area contributed by atoms with Gasteiger partial charge >= 0.3 is 0 Å². The largest absolute Gasteiger partial charge is 0.492 e. The average molecular weight is 517 g/mol. The number of nitrogens with zero attached hydrogens (tertiary/aromatic N) is 1. The molecule has 0 radical (unpaired) electrons. The number of hydrogen-bond acceptors (Lipinski definition) is 5. The number of ether oxygens (including phenoxy) is 2. The van der Waals surface area contributed by atoms with Gasteiger partial charge < -0.3 is 14.8 Å². The first kappa shape index (κ1) is 26.4. The van der Waals surface area contributed by atoms with Gasteiger partial charge in [-0.25, -0.2) is 8.42 Å². The molecule has 35 heavy (non-hydrogen) atoms. The molecular formula is C26H29ClN2O5S. The van der Waals surface area contributed by atoms with Crippen LogP contribution in [0, 0.1) is 13.8 Å². The van der Waals surface area contributed by atoms with Gasteiger partial charge in [-0.15, -0.1) is 0 Å². The van der Waals surface area contributed by atoms with Crippen LogP contribution in [0.3, 0.4) is 0 Å². The fraction of sp³-hybridized carbons (Fsp3) is 0.269. The molecule has 3 aromatic carbocycles. The molecule has 0 aliphatic carbocycles. The van der Waals surface area contributed by atoms with Crippen molar-refractivity contribution >= 4 is 33.2 Å². The fourth-order valence-corrected chi connectivity index (χ4v) is 5.09. The van der Waals surface area contributed by atoms with Gasteiger partial charge in [-0.3, -0.25) is 9.10 Å². The molecule has 0 bridgehead atoms. The van der Waals surface area contributed by atoms with Crippen molar-refractivity contribution in [2.45, 2.75) is 25.7 Å². The van der Waals surface area contributed by atoms with Crippen LogP contribution in [0.1, 0.15) is 18.1 Å². The number of carbonyl (C=O) groups is 1. The van der Waals surface area contributed by atoms with Crippen LogP contribution in [0.4, 0.5) is 5.69 Å². The average Bonchev–Trinajstić information content (AvgIpc) is 2.81. The van der Waals surface area contributed by atoms with Crippen molar-refractivity contribution in [1.82, 2.24) is 5.32 Å². The number of hydrogen-bond donors (Lipinski definition) is 1. The van der Waals surface area contributed by atoms with Crippen LogP contribution in [0.15, 0.2) is 71.6 Å². The smallest absolute Gasteiger partial charge is 0.264 e. The molecule has 3 aromatic rings. The minimum atomic E-state index is -4.09. The standard InChI is InChI=1S/C26H29ClN2O5S/c1-4-33-25-8-6-5-7-24(25)29(35(31,32)23-11-9-21(27)10-12-23)18-26(30)28-13-14-34-22-16-19(2)15-20(3)17-22/h5-12,15-17H,4,13-14,18H2,1-3H3,(H,28,30). The number of rotatable bonds is 11. The molecule has 0 saturated carbocycles. The predicted molar refractivity (Wildman–Crippen MR) is 138 cm³/mol. The Balaban J connectivity index is 1.76. The van der Waals surface area contributed by atoms with Crippen molar-refractivity contribution < 1.29 is 22.7 Å². The van der Waals surface area contributed by atoms with Gasteiger partial charge in [0.2, 0.25) is 5.91 Å². The molecular weight excluding hydrogens is 488 g/mol. The highest BCUT2D eigenvalue weighted by Crippen LogP contribution is 2.32. The minimum absolute atomic E-state index is 0.0131. The van der Waals surface area contributed by atoms with Gasteiger partial charge in [0, 0.05) is 5.02 Å². The number of amides is 1. The summed E-state index contributed by atoms with van der Waals surface area (Å²) in [5.74, 6) is 0.602. The van der Waals surface area contributed by atoms with E-state index in [4.69, 9.17) is 21.1 Å². The summed E-state index contributed by atoms with van der Waals surface area (Å²) in [6.45, 7) is 6.14. The van der Waals surface area contributed by atoms with E-state index in [1.807, 2.05) is 32.0 Å². The first-order chi connectivity index (χ1) is 16.7. The summed E-state index contributed by atoms with van der Waals surface area (Å²) in [6.07, 6.45) is 0. The Morgan fingerprint density at radius 1 is 0.971 bits per heavy atom. The Hall–Kier alpha value is -3.23. The molecule has 0 fully saturated rings. The second-order valence-electron chi connectivity index (χ2n) is 7.89. The molecule has 0 saturated heterocycles. The molecule has 7 nitrogen and oxygen atoms in total. The number of benzene rings is 3. The molecule has 0 aromatic heterocycles. The summed E-state index contributed by atoms with van der Waals surface area (Å²) in [5, 5.41) is 3.14. The van der Waals surface area contributed by atoms with Crippen molar-refractivity contribution in [3.05, 3.63) is 82.9 Å². The molecule has 1 amide bonds. The monoisotopic (exact) mass is 516 g/mol. The third-order valence-electron chi connectivity index (χ3n) is 5.01. The Labute approximate surface area is 211 Å². The lowest BCUT2D eigenvalue weighted by molar-refractivity contribution is -0.119. The van der Waals surface area contributed by atoms with E-state index < -0.39 is 22.5 Å².